The summed E-state index contributed by atoms with van der Waals surface area (Å²) in [5.74, 6) is 0.844. The van der Waals surface area contributed by atoms with Gasteiger partial charge >= 0.3 is 0 Å². The number of likely N-dealkylation sites (tertiary alicyclic amines) is 1. The lowest BCUT2D eigenvalue weighted by Crippen LogP contribution is -2.51. The van der Waals surface area contributed by atoms with Crippen LogP contribution in [0, 0.1) is 22.7 Å². The number of rotatable bonds is 2. The third-order valence-electron chi connectivity index (χ3n) is 5.92. The van der Waals surface area contributed by atoms with Crippen molar-refractivity contribution in [3.05, 3.63) is 0 Å². The topological polar surface area (TPSA) is 39.1 Å². The maximum Gasteiger partial charge on any atom is 0.108 e. The highest BCUT2D eigenvalue weighted by molar-refractivity contribution is 5.10. The Kier molecular flexibility index (Phi) is 5.33. The minimum atomic E-state index is -0.279. The van der Waals surface area contributed by atoms with E-state index in [1.165, 1.54) is 45.2 Å². The Morgan fingerprint density at radius 1 is 1.14 bits per heavy atom. The Morgan fingerprint density at radius 2 is 1.90 bits per heavy atom. The van der Waals surface area contributed by atoms with E-state index in [-0.39, 0.29) is 5.54 Å². The van der Waals surface area contributed by atoms with Crippen molar-refractivity contribution in [2.45, 2.75) is 77.3 Å². The van der Waals surface area contributed by atoms with Gasteiger partial charge in [-0.1, -0.05) is 20.8 Å². The van der Waals surface area contributed by atoms with Gasteiger partial charge in [-0.2, -0.15) is 5.26 Å². The van der Waals surface area contributed by atoms with Crippen molar-refractivity contribution in [3.63, 3.8) is 0 Å². The smallest absolute Gasteiger partial charge is 0.108 e. The van der Waals surface area contributed by atoms with Crippen LogP contribution in [0.15, 0.2) is 0 Å². The molecule has 0 bridgehead atoms. The van der Waals surface area contributed by atoms with Crippen LogP contribution < -0.4 is 5.32 Å². The van der Waals surface area contributed by atoms with Gasteiger partial charge < -0.3 is 10.2 Å². The first-order valence-corrected chi connectivity index (χ1v) is 8.74. The van der Waals surface area contributed by atoms with E-state index in [2.05, 4.69) is 37.1 Å². The van der Waals surface area contributed by atoms with Crippen molar-refractivity contribution in [2.24, 2.45) is 11.3 Å². The monoisotopic (exact) mass is 291 g/mol. The van der Waals surface area contributed by atoms with E-state index in [9.17, 15) is 5.26 Å². The molecule has 0 spiro atoms. The van der Waals surface area contributed by atoms with Crippen LogP contribution in [0.1, 0.15) is 65.7 Å². The molecule has 0 aromatic carbocycles. The molecule has 0 amide bonds. The fourth-order valence-electron chi connectivity index (χ4n) is 4.29. The zero-order valence-corrected chi connectivity index (χ0v) is 14.4. The zero-order valence-electron chi connectivity index (χ0n) is 14.4. The van der Waals surface area contributed by atoms with Crippen molar-refractivity contribution in [1.29, 1.82) is 5.26 Å². The molecular formula is C18H33N3. The molecule has 1 saturated heterocycles. The highest BCUT2D eigenvalue weighted by atomic mass is 15.2. The standard InChI is InChI=1S/C18H33N3/c1-17(2,3)15-7-6-11-21(12-9-15)16-8-5-10-18(13-16,14-19)20-4/h15-16,20H,5-13H2,1-4H3. The van der Waals surface area contributed by atoms with Crippen molar-refractivity contribution >= 4 is 0 Å². The van der Waals surface area contributed by atoms with E-state index < -0.39 is 0 Å². The Labute approximate surface area is 131 Å². The first-order chi connectivity index (χ1) is 9.90. The molecule has 3 unspecified atom stereocenters. The van der Waals surface area contributed by atoms with Gasteiger partial charge in [0.15, 0.2) is 0 Å². The summed E-state index contributed by atoms with van der Waals surface area (Å²) in [7, 11) is 1.95. The van der Waals surface area contributed by atoms with Gasteiger partial charge in [-0.15, -0.1) is 0 Å². The molecule has 0 aromatic heterocycles. The van der Waals surface area contributed by atoms with E-state index in [1.807, 2.05) is 7.05 Å². The number of nitriles is 1. The van der Waals surface area contributed by atoms with E-state index in [1.54, 1.807) is 0 Å². The third kappa shape index (κ3) is 3.99. The van der Waals surface area contributed by atoms with Crippen LogP contribution in [-0.2, 0) is 0 Å². The van der Waals surface area contributed by atoms with Crippen LogP contribution in [0.3, 0.4) is 0 Å². The fraction of sp³-hybridized carbons (Fsp3) is 0.944. The van der Waals surface area contributed by atoms with Gasteiger partial charge in [-0.05, 0) is 76.4 Å². The molecule has 2 rings (SSSR count). The second-order valence-corrected chi connectivity index (χ2v) is 8.22. The van der Waals surface area contributed by atoms with Crippen LogP contribution >= 0.6 is 0 Å². The predicted molar refractivity (Wildman–Crippen MR) is 88.0 cm³/mol. The SMILES string of the molecule is CNC1(C#N)CCCC(N2CCCC(C(C)(C)C)CC2)C1. The van der Waals surface area contributed by atoms with Crippen molar-refractivity contribution in [1.82, 2.24) is 10.2 Å². The number of nitrogens with one attached hydrogen (secondary N) is 1. The summed E-state index contributed by atoms with van der Waals surface area (Å²) in [6, 6.07) is 3.15. The van der Waals surface area contributed by atoms with Crippen LogP contribution in [0.25, 0.3) is 0 Å². The minimum Gasteiger partial charge on any atom is -0.302 e. The predicted octanol–water partition coefficient (Wildman–Crippen LogP) is 3.56. The van der Waals surface area contributed by atoms with Gasteiger partial charge in [0, 0.05) is 6.04 Å². The molecular weight excluding hydrogens is 258 g/mol. The molecule has 120 valence electrons. The van der Waals surface area contributed by atoms with Crippen LogP contribution in [0.5, 0.6) is 0 Å². The van der Waals surface area contributed by atoms with Crippen LogP contribution in [0.2, 0.25) is 0 Å². The number of hydrogen-bond donors (Lipinski definition) is 1. The highest BCUT2D eigenvalue weighted by Gasteiger charge is 2.38. The minimum absolute atomic E-state index is 0.279. The molecule has 1 aliphatic heterocycles. The Balaban J connectivity index is 1.98. The van der Waals surface area contributed by atoms with Gasteiger partial charge in [0.2, 0.25) is 0 Å². The molecule has 21 heavy (non-hydrogen) atoms. The summed E-state index contributed by atoms with van der Waals surface area (Å²) in [5, 5.41) is 12.8. The maximum atomic E-state index is 9.53. The first kappa shape index (κ1) is 16.8. The van der Waals surface area contributed by atoms with E-state index in [0.717, 1.165) is 18.8 Å². The molecule has 3 atom stereocenters. The second-order valence-electron chi connectivity index (χ2n) is 8.22. The number of nitrogens with zero attached hydrogens (tertiary/aromatic N) is 2. The van der Waals surface area contributed by atoms with Gasteiger partial charge in [0.05, 0.1) is 6.07 Å². The average molecular weight is 291 g/mol. The zero-order chi connectivity index (χ0) is 15.5. The van der Waals surface area contributed by atoms with Gasteiger partial charge in [0.25, 0.3) is 0 Å². The van der Waals surface area contributed by atoms with Crippen LogP contribution in [0.4, 0.5) is 0 Å². The summed E-state index contributed by atoms with van der Waals surface area (Å²) >= 11 is 0. The van der Waals surface area contributed by atoms with Crippen molar-refractivity contribution < 1.29 is 0 Å². The highest BCUT2D eigenvalue weighted by Crippen LogP contribution is 2.37. The molecule has 0 radical (unpaired) electrons. The summed E-state index contributed by atoms with van der Waals surface area (Å²) in [4.78, 5) is 2.69. The lowest BCUT2D eigenvalue weighted by Gasteiger charge is -2.41. The van der Waals surface area contributed by atoms with Crippen molar-refractivity contribution in [3.8, 4) is 6.07 Å². The fourth-order valence-corrected chi connectivity index (χ4v) is 4.29. The largest absolute Gasteiger partial charge is 0.302 e. The summed E-state index contributed by atoms with van der Waals surface area (Å²) < 4.78 is 0. The molecule has 2 fully saturated rings. The quantitative estimate of drug-likeness (QED) is 0.845. The Bertz CT molecular complexity index is 379. The summed E-state index contributed by atoms with van der Waals surface area (Å²) in [6.07, 6.45) is 8.46. The molecule has 2 aliphatic rings. The third-order valence-corrected chi connectivity index (χ3v) is 5.92. The summed E-state index contributed by atoms with van der Waals surface area (Å²) in [5.41, 5.74) is 0.155. The van der Waals surface area contributed by atoms with E-state index >= 15 is 0 Å². The Morgan fingerprint density at radius 3 is 2.52 bits per heavy atom. The molecule has 1 saturated carbocycles. The van der Waals surface area contributed by atoms with Gasteiger partial charge in [-0.3, -0.25) is 0 Å². The van der Waals surface area contributed by atoms with E-state index in [0.29, 0.717) is 11.5 Å². The van der Waals surface area contributed by atoms with Crippen LogP contribution in [-0.4, -0.2) is 36.6 Å². The molecule has 1 heterocycles. The van der Waals surface area contributed by atoms with Gasteiger partial charge in [-0.25, -0.2) is 0 Å². The Hall–Kier alpha value is -0.590. The molecule has 1 N–H and O–H groups in total. The first-order valence-electron chi connectivity index (χ1n) is 8.74. The normalized spacial score (nSPS) is 36.0. The van der Waals surface area contributed by atoms with Crippen molar-refractivity contribution in [2.75, 3.05) is 20.1 Å². The average Bonchev–Trinajstić information content (AvgIpc) is 2.73. The second kappa shape index (κ2) is 6.67. The summed E-state index contributed by atoms with van der Waals surface area (Å²) in [6.45, 7) is 9.60. The van der Waals surface area contributed by atoms with E-state index in [4.69, 9.17) is 0 Å². The molecule has 0 aromatic rings. The molecule has 1 aliphatic carbocycles. The maximum absolute atomic E-state index is 9.53. The van der Waals surface area contributed by atoms with Gasteiger partial charge in [0.1, 0.15) is 5.54 Å². The number of hydrogen-bond acceptors (Lipinski definition) is 3. The lowest BCUT2D eigenvalue weighted by atomic mass is 9.76. The molecule has 3 nitrogen and oxygen atoms in total. The molecule has 3 heteroatoms. The lowest BCUT2D eigenvalue weighted by molar-refractivity contribution is 0.121.